The van der Waals surface area contributed by atoms with Crippen molar-refractivity contribution in [2.24, 2.45) is 5.92 Å². The monoisotopic (exact) mass is 369 g/mol. The van der Waals surface area contributed by atoms with Gasteiger partial charge in [-0.05, 0) is 50.1 Å². The first-order chi connectivity index (χ1) is 13.1. The zero-order valence-corrected chi connectivity index (χ0v) is 14.8. The maximum absolute atomic E-state index is 12.2. The van der Waals surface area contributed by atoms with Gasteiger partial charge in [0, 0.05) is 12.0 Å². The third kappa shape index (κ3) is 3.81. The molecule has 1 N–H and O–H groups in total. The maximum Gasteiger partial charge on any atom is 0.338 e. The minimum absolute atomic E-state index is 0.0228. The Balaban J connectivity index is 1.61. The zero-order chi connectivity index (χ0) is 18.8. The zero-order valence-electron chi connectivity index (χ0n) is 14.8. The first-order valence-corrected chi connectivity index (χ1v) is 8.83. The number of benzene rings is 2. The van der Waals surface area contributed by atoms with E-state index in [1.807, 2.05) is 0 Å². The van der Waals surface area contributed by atoms with Crippen LogP contribution in [0.4, 0.5) is 5.69 Å². The summed E-state index contributed by atoms with van der Waals surface area (Å²) in [4.78, 5) is 24.2. The molecule has 2 aliphatic rings. The molecule has 7 heteroatoms. The van der Waals surface area contributed by atoms with Crippen molar-refractivity contribution in [2.45, 2.75) is 19.8 Å². The number of carbonyl (C=O) groups excluding carboxylic acids is 2. The molecule has 0 aromatic heterocycles. The van der Waals surface area contributed by atoms with E-state index in [9.17, 15) is 9.59 Å². The van der Waals surface area contributed by atoms with E-state index >= 15 is 0 Å². The summed E-state index contributed by atoms with van der Waals surface area (Å²) >= 11 is 0. The lowest BCUT2D eigenvalue weighted by atomic mass is 10.1. The summed E-state index contributed by atoms with van der Waals surface area (Å²) < 4.78 is 21.6. The van der Waals surface area contributed by atoms with E-state index in [4.69, 9.17) is 18.9 Å². The molecule has 2 aromatic rings. The van der Waals surface area contributed by atoms with Crippen molar-refractivity contribution in [3.8, 4) is 23.0 Å². The van der Waals surface area contributed by atoms with Crippen molar-refractivity contribution in [3.63, 3.8) is 0 Å². The Morgan fingerprint density at radius 3 is 2.70 bits per heavy atom. The van der Waals surface area contributed by atoms with Gasteiger partial charge >= 0.3 is 5.97 Å². The summed E-state index contributed by atoms with van der Waals surface area (Å²) in [5, 5.41) is 2.85. The van der Waals surface area contributed by atoms with Crippen LogP contribution in [0.25, 0.3) is 0 Å². The van der Waals surface area contributed by atoms with Gasteiger partial charge in [-0.15, -0.1) is 0 Å². The van der Waals surface area contributed by atoms with Gasteiger partial charge < -0.3 is 24.3 Å². The maximum atomic E-state index is 12.2. The second-order valence-electron chi connectivity index (χ2n) is 6.31. The molecular formula is C20H19NO6. The first kappa shape index (κ1) is 17.2. The van der Waals surface area contributed by atoms with Crippen LogP contribution in [0.5, 0.6) is 23.0 Å². The van der Waals surface area contributed by atoms with Gasteiger partial charge in [-0.3, -0.25) is 4.79 Å². The average molecular weight is 369 g/mol. The number of fused-ring (bicyclic) bond motifs is 1. The highest BCUT2D eigenvalue weighted by Gasteiger charge is 2.30. The molecule has 1 heterocycles. The van der Waals surface area contributed by atoms with Crippen LogP contribution < -0.4 is 19.5 Å². The van der Waals surface area contributed by atoms with Crippen LogP contribution in [0.2, 0.25) is 0 Å². The second-order valence-corrected chi connectivity index (χ2v) is 6.31. The van der Waals surface area contributed by atoms with Gasteiger partial charge in [-0.2, -0.15) is 0 Å². The summed E-state index contributed by atoms with van der Waals surface area (Å²) in [5.74, 6) is 1.71. The van der Waals surface area contributed by atoms with E-state index < -0.39 is 5.97 Å². The molecule has 140 valence electrons. The number of hydrogen-bond acceptors (Lipinski definition) is 6. The van der Waals surface area contributed by atoms with E-state index in [-0.39, 0.29) is 25.2 Å². The summed E-state index contributed by atoms with van der Waals surface area (Å²) in [6, 6.07) is 10.0. The molecule has 0 unspecified atom stereocenters. The minimum Gasteiger partial charge on any atom is -0.462 e. The Labute approximate surface area is 156 Å². The number of anilines is 1. The molecule has 1 aliphatic carbocycles. The molecule has 0 saturated heterocycles. The number of carbonyl (C=O) groups is 2. The largest absolute Gasteiger partial charge is 0.462 e. The van der Waals surface area contributed by atoms with Crippen LogP contribution >= 0.6 is 0 Å². The van der Waals surface area contributed by atoms with Crippen molar-refractivity contribution in [1.82, 2.24) is 0 Å². The molecule has 1 saturated carbocycles. The third-order valence-corrected chi connectivity index (χ3v) is 4.27. The molecule has 0 radical (unpaired) electrons. The third-order valence-electron chi connectivity index (χ3n) is 4.27. The molecule has 0 bridgehead atoms. The highest BCUT2D eigenvalue weighted by molar-refractivity contribution is 5.98. The van der Waals surface area contributed by atoms with E-state index in [0.717, 1.165) is 12.8 Å². The van der Waals surface area contributed by atoms with Crippen LogP contribution in [0.1, 0.15) is 30.1 Å². The fraction of sp³-hybridized carbons (Fsp3) is 0.300. The molecule has 1 amide bonds. The quantitative estimate of drug-likeness (QED) is 0.781. The van der Waals surface area contributed by atoms with Crippen LogP contribution in [-0.2, 0) is 9.53 Å². The molecule has 2 aromatic carbocycles. The fourth-order valence-electron chi connectivity index (χ4n) is 2.71. The van der Waals surface area contributed by atoms with E-state index in [2.05, 4.69) is 5.32 Å². The van der Waals surface area contributed by atoms with Gasteiger partial charge in [0.2, 0.25) is 12.7 Å². The van der Waals surface area contributed by atoms with E-state index in [1.165, 1.54) is 0 Å². The smallest absolute Gasteiger partial charge is 0.338 e. The van der Waals surface area contributed by atoms with Crippen molar-refractivity contribution in [3.05, 3.63) is 42.0 Å². The SMILES string of the molecule is CCOC(=O)c1ccc(Oc2ccc3c(c2)OCO3)c(NC(=O)C2CC2)c1. The van der Waals surface area contributed by atoms with Gasteiger partial charge in [-0.25, -0.2) is 4.79 Å². The molecule has 0 spiro atoms. The Morgan fingerprint density at radius 1 is 1.11 bits per heavy atom. The summed E-state index contributed by atoms with van der Waals surface area (Å²) in [5.41, 5.74) is 0.774. The van der Waals surface area contributed by atoms with Gasteiger partial charge in [0.15, 0.2) is 17.2 Å². The molecule has 1 aliphatic heterocycles. The number of nitrogens with one attached hydrogen (secondary N) is 1. The van der Waals surface area contributed by atoms with Crippen LogP contribution in [0, 0.1) is 5.92 Å². The number of rotatable bonds is 6. The van der Waals surface area contributed by atoms with Gasteiger partial charge in [0.05, 0.1) is 17.9 Å². The van der Waals surface area contributed by atoms with Crippen molar-refractivity contribution in [2.75, 3.05) is 18.7 Å². The average Bonchev–Trinajstić information content (AvgIpc) is 3.41. The van der Waals surface area contributed by atoms with Crippen molar-refractivity contribution in [1.29, 1.82) is 0 Å². The van der Waals surface area contributed by atoms with Crippen LogP contribution in [-0.4, -0.2) is 25.3 Å². The number of hydrogen-bond donors (Lipinski definition) is 1. The lowest BCUT2D eigenvalue weighted by molar-refractivity contribution is -0.117. The van der Waals surface area contributed by atoms with Crippen LogP contribution in [0.15, 0.2) is 36.4 Å². The minimum atomic E-state index is -0.450. The normalized spacial score (nSPS) is 14.6. The molecule has 4 rings (SSSR count). The predicted octanol–water partition coefficient (Wildman–Crippen LogP) is 3.73. The summed E-state index contributed by atoms with van der Waals surface area (Å²) in [6.07, 6.45) is 1.75. The highest BCUT2D eigenvalue weighted by atomic mass is 16.7. The van der Waals surface area contributed by atoms with Crippen molar-refractivity contribution < 1.29 is 28.5 Å². The molecule has 1 fully saturated rings. The number of esters is 1. The van der Waals surface area contributed by atoms with Crippen LogP contribution in [0.3, 0.4) is 0 Å². The standard InChI is InChI=1S/C20H19NO6/c1-2-24-20(23)13-5-7-16(15(9-13)21-19(22)12-3-4-12)27-14-6-8-17-18(10-14)26-11-25-17/h5-10,12H,2-4,11H2,1H3,(H,21,22). The Kier molecular flexibility index (Phi) is 4.58. The molecule has 0 atom stereocenters. The summed E-state index contributed by atoms with van der Waals surface area (Å²) in [6.45, 7) is 2.19. The Hall–Kier alpha value is -3.22. The van der Waals surface area contributed by atoms with E-state index in [1.54, 1.807) is 43.3 Å². The lowest BCUT2D eigenvalue weighted by Gasteiger charge is -2.14. The number of ether oxygens (including phenoxy) is 4. The Bertz CT molecular complexity index is 890. The van der Waals surface area contributed by atoms with Gasteiger partial charge in [0.25, 0.3) is 0 Å². The lowest BCUT2D eigenvalue weighted by Crippen LogP contribution is -2.15. The fourth-order valence-corrected chi connectivity index (χ4v) is 2.71. The van der Waals surface area contributed by atoms with E-state index in [0.29, 0.717) is 34.2 Å². The number of amides is 1. The first-order valence-electron chi connectivity index (χ1n) is 8.83. The molecular weight excluding hydrogens is 350 g/mol. The van der Waals surface area contributed by atoms with Gasteiger partial charge in [-0.1, -0.05) is 0 Å². The summed E-state index contributed by atoms with van der Waals surface area (Å²) in [7, 11) is 0. The van der Waals surface area contributed by atoms with Gasteiger partial charge in [0.1, 0.15) is 5.75 Å². The highest BCUT2D eigenvalue weighted by Crippen LogP contribution is 2.39. The topological polar surface area (TPSA) is 83.1 Å². The predicted molar refractivity (Wildman–Crippen MR) is 96.4 cm³/mol. The molecule has 27 heavy (non-hydrogen) atoms. The van der Waals surface area contributed by atoms with Crippen molar-refractivity contribution >= 4 is 17.6 Å². The molecule has 7 nitrogen and oxygen atoms in total. The second kappa shape index (κ2) is 7.19. The Morgan fingerprint density at radius 2 is 1.93 bits per heavy atom.